The van der Waals surface area contributed by atoms with Crippen molar-refractivity contribution in [1.82, 2.24) is 19.9 Å². The number of carbonyl (C=O) groups is 1. The van der Waals surface area contributed by atoms with Crippen LogP contribution in [-0.2, 0) is 16.6 Å². The molecule has 10 heteroatoms. The molecule has 0 unspecified atom stereocenters. The highest BCUT2D eigenvalue weighted by Gasteiger charge is 2.21. The van der Waals surface area contributed by atoms with Crippen LogP contribution in [0.1, 0.15) is 21.7 Å². The molecule has 0 fully saturated rings. The summed E-state index contributed by atoms with van der Waals surface area (Å²) >= 11 is 0. The summed E-state index contributed by atoms with van der Waals surface area (Å²) in [6.07, 6.45) is 1.23. The molecular weight excluding hydrogens is 300 g/mol. The van der Waals surface area contributed by atoms with Gasteiger partial charge in [0.15, 0.2) is 0 Å². The van der Waals surface area contributed by atoms with Crippen molar-refractivity contribution in [2.75, 3.05) is 0 Å². The van der Waals surface area contributed by atoms with E-state index in [2.05, 4.69) is 19.9 Å². The maximum atomic E-state index is 12.2. The van der Waals surface area contributed by atoms with E-state index in [4.69, 9.17) is 5.11 Å². The Bertz CT molecular complexity index is 770. The van der Waals surface area contributed by atoms with Gasteiger partial charge in [-0.05, 0) is 24.6 Å². The molecule has 0 aliphatic rings. The normalized spacial score (nSPS) is 11.5. The van der Waals surface area contributed by atoms with Crippen LogP contribution in [0, 0.1) is 6.92 Å². The molecule has 0 bridgehead atoms. The van der Waals surface area contributed by atoms with Crippen molar-refractivity contribution >= 4 is 16.0 Å². The standard InChI is InChI=1S/C11H12N4O5S/c1-6-2-8(16)7(11(17)18)3-9(6)21(19,20)14-4-10-12-5-13-15-10/h2-3,5,14,16H,4H2,1H3,(H,17,18)(H,12,13,15). The second kappa shape index (κ2) is 5.50. The first-order valence-electron chi connectivity index (χ1n) is 5.72. The van der Waals surface area contributed by atoms with E-state index in [0.717, 1.165) is 12.1 Å². The van der Waals surface area contributed by atoms with Gasteiger partial charge in [0.2, 0.25) is 10.0 Å². The Labute approximate surface area is 119 Å². The number of nitrogens with one attached hydrogen (secondary N) is 2. The summed E-state index contributed by atoms with van der Waals surface area (Å²) in [5.74, 6) is -1.60. The first-order valence-corrected chi connectivity index (χ1v) is 7.20. The average molecular weight is 312 g/mol. The third-order valence-electron chi connectivity index (χ3n) is 2.71. The predicted octanol–water partition coefficient (Wildman–Crippen LogP) is -0.00458. The van der Waals surface area contributed by atoms with E-state index < -0.39 is 27.3 Å². The molecule has 1 aromatic carbocycles. The van der Waals surface area contributed by atoms with Gasteiger partial charge in [-0.1, -0.05) is 0 Å². The maximum absolute atomic E-state index is 12.2. The number of rotatable bonds is 5. The van der Waals surface area contributed by atoms with Crippen molar-refractivity contribution in [1.29, 1.82) is 0 Å². The molecule has 0 spiro atoms. The first kappa shape index (κ1) is 14.9. The van der Waals surface area contributed by atoms with E-state index in [1.807, 2.05) is 0 Å². The lowest BCUT2D eigenvalue weighted by molar-refractivity contribution is 0.0693. The van der Waals surface area contributed by atoms with Gasteiger partial charge in [-0.2, -0.15) is 5.10 Å². The zero-order chi connectivity index (χ0) is 15.6. The van der Waals surface area contributed by atoms with Crippen LogP contribution in [0.5, 0.6) is 5.75 Å². The highest BCUT2D eigenvalue weighted by Crippen LogP contribution is 2.25. The van der Waals surface area contributed by atoms with Crippen molar-refractivity contribution in [2.24, 2.45) is 0 Å². The van der Waals surface area contributed by atoms with Crippen molar-refractivity contribution in [3.8, 4) is 5.75 Å². The molecule has 0 radical (unpaired) electrons. The summed E-state index contributed by atoms with van der Waals surface area (Å²) in [7, 11) is -3.95. The van der Waals surface area contributed by atoms with E-state index in [0.29, 0.717) is 5.82 Å². The zero-order valence-corrected chi connectivity index (χ0v) is 11.7. The molecule has 1 aromatic heterocycles. The molecule has 0 amide bonds. The Kier molecular flexibility index (Phi) is 3.91. The van der Waals surface area contributed by atoms with E-state index in [1.165, 1.54) is 13.3 Å². The average Bonchev–Trinajstić information content (AvgIpc) is 2.88. The second-order valence-electron chi connectivity index (χ2n) is 4.20. The number of hydrogen-bond acceptors (Lipinski definition) is 6. The smallest absolute Gasteiger partial charge is 0.339 e. The Morgan fingerprint density at radius 3 is 2.71 bits per heavy atom. The molecule has 4 N–H and O–H groups in total. The van der Waals surface area contributed by atoms with Crippen LogP contribution in [0.2, 0.25) is 0 Å². The van der Waals surface area contributed by atoms with Crippen LogP contribution in [-0.4, -0.2) is 39.8 Å². The van der Waals surface area contributed by atoms with E-state index in [9.17, 15) is 18.3 Å². The Morgan fingerprint density at radius 1 is 1.43 bits per heavy atom. The largest absolute Gasteiger partial charge is 0.507 e. The SMILES string of the molecule is Cc1cc(O)c(C(=O)O)cc1S(=O)(=O)NCc1ncn[nH]1. The van der Waals surface area contributed by atoms with Crippen LogP contribution in [0.25, 0.3) is 0 Å². The second-order valence-corrected chi connectivity index (χ2v) is 5.93. The molecule has 21 heavy (non-hydrogen) atoms. The molecule has 2 rings (SSSR count). The number of carboxylic acid groups (broad SMARTS) is 1. The van der Waals surface area contributed by atoms with Gasteiger partial charge in [0.1, 0.15) is 23.5 Å². The molecular formula is C11H12N4O5S. The molecule has 0 saturated heterocycles. The third kappa shape index (κ3) is 3.17. The fourth-order valence-corrected chi connectivity index (χ4v) is 2.93. The van der Waals surface area contributed by atoms with Gasteiger partial charge in [0.25, 0.3) is 0 Å². The number of aromatic nitrogens is 3. The molecule has 112 valence electrons. The summed E-state index contributed by atoms with van der Waals surface area (Å²) in [6.45, 7) is 1.33. The molecule has 9 nitrogen and oxygen atoms in total. The predicted molar refractivity (Wildman–Crippen MR) is 70.2 cm³/mol. The van der Waals surface area contributed by atoms with E-state index in [-0.39, 0.29) is 17.0 Å². The lowest BCUT2D eigenvalue weighted by Gasteiger charge is -2.10. The van der Waals surface area contributed by atoms with Gasteiger partial charge in [-0.15, -0.1) is 0 Å². The summed E-state index contributed by atoms with van der Waals surface area (Å²) in [5.41, 5.74) is -0.261. The van der Waals surface area contributed by atoms with Crippen LogP contribution in [0.4, 0.5) is 0 Å². The fraction of sp³-hybridized carbons (Fsp3) is 0.182. The van der Waals surface area contributed by atoms with Crippen molar-refractivity contribution in [2.45, 2.75) is 18.4 Å². The van der Waals surface area contributed by atoms with Gasteiger partial charge in [-0.3, -0.25) is 5.10 Å². The number of carboxylic acids is 1. The van der Waals surface area contributed by atoms with Crippen molar-refractivity contribution in [3.05, 3.63) is 35.4 Å². The lowest BCUT2D eigenvalue weighted by atomic mass is 10.1. The highest BCUT2D eigenvalue weighted by molar-refractivity contribution is 7.89. The summed E-state index contributed by atoms with van der Waals surface area (Å²) < 4.78 is 26.6. The van der Waals surface area contributed by atoms with Crippen LogP contribution in [0.15, 0.2) is 23.4 Å². The van der Waals surface area contributed by atoms with Crippen molar-refractivity contribution in [3.63, 3.8) is 0 Å². The van der Waals surface area contributed by atoms with Gasteiger partial charge in [-0.25, -0.2) is 22.9 Å². The molecule has 1 heterocycles. The minimum absolute atomic E-state index is 0.120. The minimum atomic E-state index is -3.95. The fourth-order valence-electron chi connectivity index (χ4n) is 1.69. The van der Waals surface area contributed by atoms with Crippen LogP contribution in [0.3, 0.4) is 0 Å². The molecule has 0 aliphatic heterocycles. The third-order valence-corrected chi connectivity index (χ3v) is 4.25. The molecule has 0 aliphatic carbocycles. The summed E-state index contributed by atoms with van der Waals surface area (Å²) in [5, 5.41) is 24.5. The van der Waals surface area contributed by atoms with Gasteiger partial charge in [0.05, 0.1) is 11.4 Å². The number of nitrogens with zero attached hydrogens (tertiary/aromatic N) is 2. The van der Waals surface area contributed by atoms with Crippen molar-refractivity contribution < 1.29 is 23.4 Å². The van der Waals surface area contributed by atoms with Gasteiger partial charge >= 0.3 is 5.97 Å². The maximum Gasteiger partial charge on any atom is 0.339 e. The topological polar surface area (TPSA) is 145 Å². The first-order chi connectivity index (χ1) is 9.81. The molecule has 0 atom stereocenters. The minimum Gasteiger partial charge on any atom is -0.507 e. The molecule has 2 aromatic rings. The number of hydrogen-bond donors (Lipinski definition) is 4. The number of aryl methyl sites for hydroxylation is 1. The van der Waals surface area contributed by atoms with Crippen LogP contribution < -0.4 is 4.72 Å². The van der Waals surface area contributed by atoms with Crippen LogP contribution >= 0.6 is 0 Å². The highest BCUT2D eigenvalue weighted by atomic mass is 32.2. The van der Waals surface area contributed by atoms with E-state index >= 15 is 0 Å². The number of H-pyrrole nitrogens is 1. The Morgan fingerprint density at radius 2 is 2.14 bits per heavy atom. The molecule has 0 saturated carbocycles. The number of benzene rings is 1. The van der Waals surface area contributed by atoms with Gasteiger partial charge in [0, 0.05) is 0 Å². The number of sulfonamides is 1. The number of phenols is 1. The number of aromatic hydroxyl groups is 1. The Hall–Kier alpha value is -2.46. The van der Waals surface area contributed by atoms with E-state index in [1.54, 1.807) is 0 Å². The summed E-state index contributed by atoms with van der Waals surface area (Å²) in [6, 6.07) is 2.00. The monoisotopic (exact) mass is 312 g/mol. The lowest BCUT2D eigenvalue weighted by Crippen LogP contribution is -2.25. The quantitative estimate of drug-likeness (QED) is 0.607. The Balaban J connectivity index is 2.35. The number of aromatic carboxylic acids is 1. The summed E-state index contributed by atoms with van der Waals surface area (Å²) in [4.78, 5) is 14.5. The van der Waals surface area contributed by atoms with Gasteiger partial charge < -0.3 is 10.2 Å². The zero-order valence-electron chi connectivity index (χ0n) is 10.9. The number of aromatic amines is 1.